The minimum Gasteiger partial charge on any atom is -0.323 e. The molecule has 92 valence electrons. The van der Waals surface area contributed by atoms with Crippen molar-refractivity contribution in [2.75, 3.05) is 56.4 Å². The molecule has 0 saturated carbocycles. The average Bonchev–Trinajstić information content (AvgIpc) is 2.12. The van der Waals surface area contributed by atoms with Gasteiger partial charge in [-0.3, -0.25) is 0 Å². The van der Waals surface area contributed by atoms with E-state index in [0.29, 0.717) is 0 Å². The van der Waals surface area contributed by atoms with E-state index in [1.165, 1.54) is 0 Å². The molecule has 0 spiro atoms. The second kappa shape index (κ2) is 132. The second-order valence-corrected chi connectivity index (χ2v) is 2.00. The van der Waals surface area contributed by atoms with Crippen LogP contribution in [0.4, 0.5) is 0 Å². The predicted molar refractivity (Wildman–Crippen MR) is 71.2 cm³/mol. The molecule has 0 rings (SSSR count). The Balaban J connectivity index is -0.0000000243. The van der Waals surface area contributed by atoms with E-state index < -0.39 is 0 Å². The quantitative estimate of drug-likeness (QED) is 0.428. The Morgan fingerprint density at radius 2 is 0.429 bits per heavy atom. The van der Waals surface area contributed by atoms with Gasteiger partial charge in [0, 0.05) is 0 Å². The zero-order valence-corrected chi connectivity index (χ0v) is 11.4. The summed E-state index contributed by atoms with van der Waals surface area (Å²) in [5, 5.41) is 11.0. The van der Waals surface area contributed by atoms with Crippen LogP contribution in [-0.2, 0) is 0 Å². The van der Waals surface area contributed by atoms with Crippen molar-refractivity contribution in [2.24, 2.45) is 0 Å². The molecule has 0 aliphatic heterocycles. The molecule has 4 N–H and O–H groups in total. The maximum atomic E-state index is 3.00. The van der Waals surface area contributed by atoms with Crippen LogP contribution in [0.3, 0.4) is 0 Å². The first kappa shape index (κ1) is 29.2. The predicted octanol–water partition coefficient (Wildman–Crippen LogP) is 0.145. The fraction of sp³-hybridized carbons (Fsp3) is 0.800. The molecule has 0 aromatic rings. The summed E-state index contributed by atoms with van der Waals surface area (Å²) in [7, 11) is 15.0. The molecule has 0 aromatic heterocycles. The van der Waals surface area contributed by atoms with Gasteiger partial charge in [-0.2, -0.15) is 0 Å². The summed E-state index contributed by atoms with van der Waals surface area (Å²) in [6.07, 6.45) is 0. The van der Waals surface area contributed by atoms with Gasteiger partial charge < -0.3 is 21.3 Å². The number of hydrogen-bond donors (Lipinski definition) is 4. The molecule has 14 heavy (non-hydrogen) atoms. The van der Waals surface area contributed by atoms with Gasteiger partial charge in [0.1, 0.15) is 0 Å². The topological polar surface area (TPSA) is 48.1 Å². The monoisotopic (exact) mass is 208 g/mol. The van der Waals surface area contributed by atoms with Gasteiger partial charge in [-0.15, -0.1) is 13.2 Å². The van der Waals surface area contributed by atoms with Crippen molar-refractivity contribution in [3.63, 3.8) is 0 Å². The molecule has 0 saturated heterocycles. The first-order valence-electron chi connectivity index (χ1n) is 4.50. The molecule has 4 nitrogen and oxygen atoms in total. The summed E-state index contributed by atoms with van der Waals surface area (Å²) in [5.41, 5.74) is 0. The molecule has 0 atom stereocenters. The Morgan fingerprint density at radius 1 is 0.429 bits per heavy atom. The van der Waals surface area contributed by atoms with E-state index in [0.717, 1.165) is 0 Å². The Bertz CT molecular complexity index is 27.3. The van der Waals surface area contributed by atoms with E-state index >= 15 is 0 Å². The Hall–Kier alpha value is -0.420. The summed E-state index contributed by atoms with van der Waals surface area (Å²) >= 11 is 0. The van der Waals surface area contributed by atoms with Gasteiger partial charge >= 0.3 is 0 Å². The molecule has 0 aliphatic rings. The average molecular weight is 208 g/mol. The Labute approximate surface area is 91.6 Å². The van der Waals surface area contributed by atoms with Crippen molar-refractivity contribution < 1.29 is 0 Å². The maximum Gasteiger partial charge on any atom is -0.0167 e. The molecule has 0 aliphatic carbocycles. The number of nitrogens with one attached hydrogen (secondary N) is 4. The second-order valence-electron chi connectivity index (χ2n) is 2.00. The SMILES string of the molecule is C=C.CNC.CNC.CNC.CNC. The molecule has 0 aromatic carbocycles. The van der Waals surface area contributed by atoms with E-state index in [1.807, 2.05) is 56.4 Å². The van der Waals surface area contributed by atoms with E-state index in [2.05, 4.69) is 34.4 Å². The molecular formula is C10H32N4. The van der Waals surface area contributed by atoms with Crippen LogP contribution in [0.2, 0.25) is 0 Å². The lowest BCUT2D eigenvalue weighted by atomic mass is 11.3. The molecule has 0 radical (unpaired) electrons. The first-order valence-corrected chi connectivity index (χ1v) is 4.50. The highest BCUT2D eigenvalue weighted by Crippen LogP contribution is 0.990. The molecule has 4 heteroatoms. The largest absolute Gasteiger partial charge is 0.323 e. The third-order valence-electron chi connectivity index (χ3n) is 0. The Morgan fingerprint density at radius 3 is 0.429 bits per heavy atom. The number of hydrogen-bond acceptors (Lipinski definition) is 4. The lowest BCUT2D eigenvalue weighted by molar-refractivity contribution is 1.02. The van der Waals surface area contributed by atoms with Gasteiger partial charge in [-0.1, -0.05) is 0 Å². The fourth-order valence-electron chi connectivity index (χ4n) is 0. The molecule has 0 fully saturated rings. The van der Waals surface area contributed by atoms with Gasteiger partial charge in [0.05, 0.1) is 0 Å². The van der Waals surface area contributed by atoms with Crippen LogP contribution in [0.1, 0.15) is 0 Å². The van der Waals surface area contributed by atoms with Crippen LogP contribution < -0.4 is 21.3 Å². The van der Waals surface area contributed by atoms with Gasteiger partial charge in [-0.05, 0) is 56.4 Å². The highest BCUT2D eigenvalue weighted by atomic mass is 14.7. The fourth-order valence-corrected chi connectivity index (χ4v) is 0. The summed E-state index contributed by atoms with van der Waals surface area (Å²) in [6, 6.07) is 0. The maximum absolute atomic E-state index is 3.00. The van der Waals surface area contributed by atoms with Crippen LogP contribution in [0.15, 0.2) is 13.2 Å². The standard InChI is InChI=1S/4C2H7N.C2H4/c4*1-3-2;1-2/h4*3H,1-2H3;1-2H2. The number of rotatable bonds is 0. The van der Waals surface area contributed by atoms with Crippen molar-refractivity contribution in [2.45, 2.75) is 0 Å². The van der Waals surface area contributed by atoms with E-state index in [-0.39, 0.29) is 0 Å². The van der Waals surface area contributed by atoms with Gasteiger partial charge in [-0.25, -0.2) is 0 Å². The van der Waals surface area contributed by atoms with Crippen LogP contribution >= 0.6 is 0 Å². The third kappa shape index (κ3) is 7350. The highest BCUT2D eigenvalue weighted by Gasteiger charge is 1.26. The highest BCUT2D eigenvalue weighted by molar-refractivity contribution is 4.22. The molecule has 0 heterocycles. The van der Waals surface area contributed by atoms with E-state index in [4.69, 9.17) is 0 Å². The molecule has 0 amide bonds. The van der Waals surface area contributed by atoms with Crippen molar-refractivity contribution in [1.82, 2.24) is 21.3 Å². The van der Waals surface area contributed by atoms with Gasteiger partial charge in [0.25, 0.3) is 0 Å². The first-order chi connectivity index (χ1) is 6.66. The smallest absolute Gasteiger partial charge is 0.0167 e. The van der Waals surface area contributed by atoms with Crippen LogP contribution in [0.25, 0.3) is 0 Å². The minimum atomic E-state index is 1.88. The van der Waals surface area contributed by atoms with Gasteiger partial charge in [0.15, 0.2) is 0 Å². The normalized spacial score (nSPS) is 5.43. The van der Waals surface area contributed by atoms with E-state index in [9.17, 15) is 0 Å². The summed E-state index contributed by atoms with van der Waals surface area (Å²) in [4.78, 5) is 0. The van der Waals surface area contributed by atoms with Crippen molar-refractivity contribution in [1.29, 1.82) is 0 Å². The van der Waals surface area contributed by atoms with E-state index in [1.54, 1.807) is 0 Å². The van der Waals surface area contributed by atoms with Crippen molar-refractivity contribution in [3.8, 4) is 0 Å². The van der Waals surface area contributed by atoms with Crippen molar-refractivity contribution >= 4 is 0 Å². The van der Waals surface area contributed by atoms with Crippen LogP contribution in [0, 0.1) is 0 Å². The zero-order valence-electron chi connectivity index (χ0n) is 11.4. The minimum absolute atomic E-state index is 1.88. The van der Waals surface area contributed by atoms with Gasteiger partial charge in [0.2, 0.25) is 0 Å². The zero-order chi connectivity index (χ0) is 12.8. The lowest BCUT2D eigenvalue weighted by Gasteiger charge is -1.59. The molecule has 0 unspecified atom stereocenters. The van der Waals surface area contributed by atoms with Crippen LogP contribution in [-0.4, -0.2) is 56.4 Å². The van der Waals surface area contributed by atoms with Crippen molar-refractivity contribution in [3.05, 3.63) is 13.2 Å². The third-order valence-corrected chi connectivity index (χ3v) is 0. The summed E-state index contributed by atoms with van der Waals surface area (Å²) < 4.78 is 0. The molecular weight excluding hydrogens is 176 g/mol. The molecule has 0 bridgehead atoms. The lowest BCUT2D eigenvalue weighted by Crippen LogP contribution is -1.89. The van der Waals surface area contributed by atoms with Crippen LogP contribution in [0.5, 0.6) is 0 Å². The summed E-state index contributed by atoms with van der Waals surface area (Å²) in [6.45, 7) is 6.00. The summed E-state index contributed by atoms with van der Waals surface area (Å²) in [5.74, 6) is 0. The Kier molecular flexibility index (Phi) is 274.